The minimum atomic E-state index is -0.410. The van der Waals surface area contributed by atoms with Crippen LogP contribution in [0, 0.1) is 11.3 Å². The van der Waals surface area contributed by atoms with E-state index in [2.05, 4.69) is 33.0 Å². The number of pyridine rings is 1. The Morgan fingerprint density at radius 2 is 2.00 bits per heavy atom. The van der Waals surface area contributed by atoms with Crippen LogP contribution in [-0.4, -0.2) is 34.7 Å². The van der Waals surface area contributed by atoms with Gasteiger partial charge in [0.1, 0.15) is 0 Å². The number of hydrogen-bond acceptors (Lipinski definition) is 4. The summed E-state index contributed by atoms with van der Waals surface area (Å²) in [5.74, 6) is 0.691. The molecular formula is C15H28N2O3. The molecule has 116 valence electrons. The highest BCUT2D eigenvalue weighted by Crippen LogP contribution is 2.23. The van der Waals surface area contributed by atoms with Crippen molar-refractivity contribution in [1.29, 1.82) is 0 Å². The molecule has 1 heterocycles. The molecule has 0 aliphatic heterocycles. The Morgan fingerprint density at radius 3 is 2.40 bits per heavy atom. The van der Waals surface area contributed by atoms with Crippen LogP contribution in [-0.2, 0) is 0 Å². The number of hydrogen-bond donors (Lipinski definition) is 3. The molecule has 0 bridgehead atoms. The molecule has 1 aromatic heterocycles. The van der Waals surface area contributed by atoms with Crippen LogP contribution in [0.3, 0.4) is 0 Å². The Kier molecular flexibility index (Phi) is 8.92. The van der Waals surface area contributed by atoms with Crippen molar-refractivity contribution in [2.24, 2.45) is 11.3 Å². The number of nitrogens with zero attached hydrogens (tertiary/aromatic N) is 1. The molecule has 5 nitrogen and oxygen atoms in total. The Bertz CT molecular complexity index is 410. The molecule has 1 aromatic rings. The molecule has 20 heavy (non-hydrogen) atoms. The average molecular weight is 284 g/mol. The van der Waals surface area contributed by atoms with Crippen molar-refractivity contribution in [3.8, 4) is 0 Å². The van der Waals surface area contributed by atoms with Crippen LogP contribution < -0.4 is 10.9 Å². The SMILES string of the molecule is CC(CNCCO)CC(C)(C)C.O=c1ccccn1O. The van der Waals surface area contributed by atoms with Gasteiger partial charge in [-0.25, -0.2) is 0 Å². The highest BCUT2D eigenvalue weighted by atomic mass is 16.5. The molecule has 1 unspecified atom stereocenters. The molecule has 0 saturated carbocycles. The summed E-state index contributed by atoms with van der Waals surface area (Å²) in [5.41, 5.74) is 0.00725. The van der Waals surface area contributed by atoms with Gasteiger partial charge in [0, 0.05) is 18.8 Å². The van der Waals surface area contributed by atoms with E-state index in [9.17, 15) is 4.79 Å². The third-order valence-corrected chi connectivity index (χ3v) is 2.55. The summed E-state index contributed by atoms with van der Waals surface area (Å²) in [5, 5.41) is 20.3. The first-order valence-corrected chi connectivity index (χ1v) is 6.95. The van der Waals surface area contributed by atoms with E-state index < -0.39 is 5.56 Å². The fourth-order valence-corrected chi connectivity index (χ4v) is 1.96. The van der Waals surface area contributed by atoms with Gasteiger partial charge in [-0.3, -0.25) is 4.79 Å². The number of rotatable bonds is 5. The van der Waals surface area contributed by atoms with Crippen molar-refractivity contribution in [3.63, 3.8) is 0 Å². The number of aromatic nitrogens is 1. The highest BCUT2D eigenvalue weighted by molar-refractivity contribution is 4.90. The fourth-order valence-electron chi connectivity index (χ4n) is 1.96. The van der Waals surface area contributed by atoms with Crippen LogP contribution in [0.2, 0.25) is 0 Å². The molecule has 0 radical (unpaired) electrons. The summed E-state index contributed by atoms with van der Waals surface area (Å²) >= 11 is 0. The Labute approximate surface area is 121 Å². The molecule has 0 aliphatic rings. The van der Waals surface area contributed by atoms with Crippen LogP contribution in [0.4, 0.5) is 0 Å². The van der Waals surface area contributed by atoms with Gasteiger partial charge in [0.05, 0.1) is 6.61 Å². The zero-order chi connectivity index (χ0) is 15.6. The summed E-state index contributed by atoms with van der Waals surface area (Å²) in [6.45, 7) is 11.0. The molecule has 0 fully saturated rings. The van der Waals surface area contributed by atoms with E-state index in [4.69, 9.17) is 10.3 Å². The fraction of sp³-hybridized carbons (Fsp3) is 0.667. The largest absolute Gasteiger partial charge is 0.425 e. The maximum Gasteiger partial charge on any atom is 0.282 e. The lowest BCUT2D eigenvalue weighted by molar-refractivity contribution is 0.175. The van der Waals surface area contributed by atoms with Gasteiger partial charge in [0.25, 0.3) is 5.56 Å². The predicted molar refractivity (Wildman–Crippen MR) is 81.1 cm³/mol. The van der Waals surface area contributed by atoms with Gasteiger partial charge >= 0.3 is 0 Å². The molecule has 0 aliphatic carbocycles. The summed E-state index contributed by atoms with van der Waals surface area (Å²) < 4.78 is 0.528. The van der Waals surface area contributed by atoms with E-state index in [0.717, 1.165) is 6.54 Å². The topological polar surface area (TPSA) is 74.5 Å². The van der Waals surface area contributed by atoms with Crippen molar-refractivity contribution < 1.29 is 10.3 Å². The molecule has 1 atom stereocenters. The summed E-state index contributed by atoms with van der Waals surface area (Å²) in [6.07, 6.45) is 2.51. The Balaban J connectivity index is 0.000000388. The van der Waals surface area contributed by atoms with Crippen LogP contribution in [0.15, 0.2) is 29.2 Å². The van der Waals surface area contributed by atoms with Crippen molar-refractivity contribution in [1.82, 2.24) is 10.0 Å². The van der Waals surface area contributed by atoms with Gasteiger partial charge < -0.3 is 15.6 Å². The standard InChI is InChI=1S/C10H23NO.C5H5NO2/c1-9(7-10(2,3)4)8-11-5-6-12;7-5-3-1-2-4-6(5)8/h9,11-12H,5-8H2,1-4H3;1-4,8H. The average Bonchev–Trinajstić information content (AvgIpc) is 2.32. The first kappa shape index (κ1) is 18.7. The zero-order valence-electron chi connectivity index (χ0n) is 13.0. The lowest BCUT2D eigenvalue weighted by atomic mass is 9.85. The van der Waals surface area contributed by atoms with E-state index in [1.54, 1.807) is 12.1 Å². The second-order valence-electron chi connectivity index (χ2n) is 6.18. The van der Waals surface area contributed by atoms with E-state index in [1.807, 2.05) is 0 Å². The molecule has 0 amide bonds. The molecule has 0 spiro atoms. The quantitative estimate of drug-likeness (QED) is 0.568. The number of aliphatic hydroxyl groups excluding tert-OH is 1. The molecule has 5 heteroatoms. The van der Waals surface area contributed by atoms with E-state index in [0.29, 0.717) is 22.6 Å². The summed E-state index contributed by atoms with van der Waals surface area (Å²) in [6, 6.07) is 4.41. The first-order chi connectivity index (χ1) is 9.26. The highest BCUT2D eigenvalue weighted by Gasteiger charge is 2.14. The van der Waals surface area contributed by atoms with Crippen molar-refractivity contribution >= 4 is 0 Å². The monoisotopic (exact) mass is 284 g/mol. The third kappa shape index (κ3) is 10.6. The maximum atomic E-state index is 10.3. The predicted octanol–water partition coefficient (Wildman–Crippen LogP) is 1.73. The minimum absolute atomic E-state index is 0.238. The molecule has 0 saturated heterocycles. The Morgan fingerprint density at radius 1 is 1.35 bits per heavy atom. The summed E-state index contributed by atoms with van der Waals surface area (Å²) in [7, 11) is 0. The van der Waals surface area contributed by atoms with Crippen LogP contribution in [0.5, 0.6) is 0 Å². The van der Waals surface area contributed by atoms with E-state index in [1.165, 1.54) is 18.7 Å². The molecule has 0 aromatic carbocycles. The minimum Gasteiger partial charge on any atom is -0.425 e. The van der Waals surface area contributed by atoms with Crippen LogP contribution >= 0.6 is 0 Å². The van der Waals surface area contributed by atoms with Crippen molar-refractivity contribution in [2.45, 2.75) is 34.1 Å². The lowest BCUT2D eigenvalue weighted by Crippen LogP contribution is -2.26. The second kappa shape index (κ2) is 9.55. The van der Waals surface area contributed by atoms with Gasteiger partial charge in [0.15, 0.2) is 0 Å². The first-order valence-electron chi connectivity index (χ1n) is 6.95. The lowest BCUT2D eigenvalue weighted by Gasteiger charge is -2.23. The van der Waals surface area contributed by atoms with Gasteiger partial charge in [0.2, 0.25) is 0 Å². The van der Waals surface area contributed by atoms with Gasteiger partial charge in [-0.05, 0) is 30.4 Å². The molecule has 1 rings (SSSR count). The molecule has 3 N–H and O–H groups in total. The van der Waals surface area contributed by atoms with E-state index in [-0.39, 0.29) is 6.61 Å². The third-order valence-electron chi connectivity index (χ3n) is 2.55. The number of nitrogens with one attached hydrogen (secondary N) is 1. The smallest absolute Gasteiger partial charge is 0.282 e. The van der Waals surface area contributed by atoms with Gasteiger partial charge in [-0.15, -0.1) is 0 Å². The number of aliphatic hydroxyl groups is 1. The second-order valence-corrected chi connectivity index (χ2v) is 6.18. The molecular weight excluding hydrogens is 256 g/mol. The van der Waals surface area contributed by atoms with Crippen molar-refractivity contribution in [3.05, 3.63) is 34.7 Å². The maximum absolute atomic E-state index is 10.3. The Hall–Kier alpha value is -1.33. The van der Waals surface area contributed by atoms with Crippen molar-refractivity contribution in [2.75, 3.05) is 19.7 Å². The summed E-state index contributed by atoms with van der Waals surface area (Å²) in [4.78, 5) is 10.3. The van der Waals surface area contributed by atoms with E-state index >= 15 is 0 Å². The van der Waals surface area contributed by atoms with Gasteiger partial charge in [-0.2, -0.15) is 4.73 Å². The zero-order valence-corrected chi connectivity index (χ0v) is 13.0. The van der Waals surface area contributed by atoms with Crippen LogP contribution in [0.1, 0.15) is 34.1 Å². The van der Waals surface area contributed by atoms with Gasteiger partial charge in [-0.1, -0.05) is 33.8 Å². The van der Waals surface area contributed by atoms with Crippen LogP contribution in [0.25, 0.3) is 0 Å². The normalized spacial score (nSPS) is 12.4.